The van der Waals surface area contributed by atoms with Gasteiger partial charge in [0.15, 0.2) is 18.9 Å². The summed E-state index contributed by atoms with van der Waals surface area (Å²) in [5, 5.41) is 76.5. The van der Waals surface area contributed by atoms with E-state index in [1.165, 1.54) is 0 Å². The number of ether oxygens (including phenoxy) is 6. The number of nitrogens with two attached hydrogens (primary N) is 5. The maximum Gasteiger partial charge on any atom is 0.187 e. The van der Waals surface area contributed by atoms with E-state index in [0.29, 0.717) is 19.6 Å². The molecule has 18 N–H and O–H groups in total. The van der Waals surface area contributed by atoms with Gasteiger partial charge in [-0.25, -0.2) is 0 Å². The van der Waals surface area contributed by atoms with Gasteiger partial charge in [0.25, 0.3) is 0 Å². The van der Waals surface area contributed by atoms with E-state index in [2.05, 4.69) is 5.32 Å². The van der Waals surface area contributed by atoms with Crippen molar-refractivity contribution in [2.45, 2.75) is 117 Å². The molecule has 0 aromatic rings. The minimum atomic E-state index is -1.58. The van der Waals surface area contributed by atoms with E-state index >= 15 is 0 Å². The molecule has 17 atom stereocenters. The average molecular weight is 711 g/mol. The summed E-state index contributed by atoms with van der Waals surface area (Å²) in [6.07, 6.45) is -10.9. The molecule has 0 aromatic heterocycles. The number of hydrogen-bond donors (Lipinski definition) is 13. The van der Waals surface area contributed by atoms with Gasteiger partial charge in [-0.3, -0.25) is 0 Å². The Morgan fingerprint density at radius 2 is 1.43 bits per heavy atom. The highest BCUT2D eigenvalue weighted by atomic mass is 16.8. The number of nitrogens with one attached hydrogen (secondary N) is 1. The van der Waals surface area contributed by atoms with Crippen molar-refractivity contribution in [1.29, 1.82) is 0 Å². The second-order valence-electron chi connectivity index (χ2n) is 13.3. The van der Waals surface area contributed by atoms with Crippen molar-refractivity contribution >= 4 is 0 Å². The van der Waals surface area contributed by atoms with E-state index in [9.17, 15) is 35.7 Å². The van der Waals surface area contributed by atoms with Gasteiger partial charge in [0.05, 0.1) is 30.9 Å². The van der Waals surface area contributed by atoms with Crippen molar-refractivity contribution in [1.82, 2.24) is 5.32 Å². The first-order chi connectivity index (χ1) is 23.5. The first-order valence-electron chi connectivity index (χ1n) is 17.0. The molecule has 0 bridgehead atoms. The third-order valence-corrected chi connectivity index (χ3v) is 9.69. The SMILES string of the molecule is NCCCNC[C@@H]1C=C[C@@H](N)[C@@H](O[C@H]2[C@H](O[C@@H]3O[C@H](CO)[C@@H](O[C@H]4O[C@@H](CN)[C@@H](O)[C@H](O)[C@H]4N)[C@H]3O)[C@@H](O)[C@H](CC(CO)CO)C[C@@H]2N)O1. The molecule has 0 aromatic carbocycles. The first-order valence-corrected chi connectivity index (χ1v) is 17.0. The second-order valence-corrected chi connectivity index (χ2v) is 13.3. The van der Waals surface area contributed by atoms with E-state index in [-0.39, 0.29) is 38.7 Å². The van der Waals surface area contributed by atoms with Gasteiger partial charge < -0.3 is 98.2 Å². The normalized spacial score (nSPS) is 44.6. The molecule has 4 aliphatic rings. The van der Waals surface area contributed by atoms with Crippen LogP contribution in [0.3, 0.4) is 0 Å². The van der Waals surface area contributed by atoms with Gasteiger partial charge in [-0.05, 0) is 38.3 Å². The molecule has 3 heterocycles. The summed E-state index contributed by atoms with van der Waals surface area (Å²) >= 11 is 0. The Kier molecular flexibility index (Phi) is 15.9. The molecular weight excluding hydrogens is 652 g/mol. The summed E-state index contributed by atoms with van der Waals surface area (Å²) in [6.45, 7) is 0.286. The lowest BCUT2D eigenvalue weighted by Crippen LogP contribution is -2.64. The molecule has 2 saturated heterocycles. The van der Waals surface area contributed by atoms with Crippen LogP contribution in [0.1, 0.15) is 19.3 Å². The largest absolute Gasteiger partial charge is 0.396 e. The Hall–Kier alpha value is -1.02. The fourth-order valence-corrected chi connectivity index (χ4v) is 6.77. The maximum absolute atomic E-state index is 11.7. The molecule has 0 amide bonds. The molecule has 1 saturated carbocycles. The summed E-state index contributed by atoms with van der Waals surface area (Å²) in [6, 6.07) is -2.68. The van der Waals surface area contributed by atoms with Crippen LogP contribution in [0.5, 0.6) is 0 Å². The maximum atomic E-state index is 11.7. The minimum absolute atomic E-state index is 0.158. The average Bonchev–Trinajstić information content (AvgIpc) is 3.39. The molecule has 0 radical (unpaired) electrons. The van der Waals surface area contributed by atoms with Crippen LogP contribution in [0.4, 0.5) is 0 Å². The van der Waals surface area contributed by atoms with E-state index in [1.54, 1.807) is 6.08 Å². The minimum Gasteiger partial charge on any atom is -0.396 e. The number of hydrogen-bond acceptors (Lipinski definition) is 19. The highest BCUT2D eigenvalue weighted by molar-refractivity contribution is 5.05. The zero-order valence-electron chi connectivity index (χ0n) is 27.6. The van der Waals surface area contributed by atoms with Crippen molar-refractivity contribution in [3.8, 4) is 0 Å². The molecule has 286 valence electrons. The van der Waals surface area contributed by atoms with E-state index in [0.717, 1.165) is 6.42 Å². The summed E-state index contributed by atoms with van der Waals surface area (Å²) in [4.78, 5) is 0. The quantitative estimate of drug-likeness (QED) is 0.0492. The summed E-state index contributed by atoms with van der Waals surface area (Å²) in [5.41, 5.74) is 30.2. The predicted molar refractivity (Wildman–Crippen MR) is 171 cm³/mol. The summed E-state index contributed by atoms with van der Waals surface area (Å²) < 4.78 is 36.1. The highest BCUT2D eigenvalue weighted by Gasteiger charge is 2.54. The molecular formula is C30H58N6O13. The Bertz CT molecular complexity index is 1000. The van der Waals surface area contributed by atoms with Crippen LogP contribution >= 0.6 is 0 Å². The third kappa shape index (κ3) is 9.90. The Morgan fingerprint density at radius 1 is 0.755 bits per heavy atom. The van der Waals surface area contributed by atoms with Crippen molar-refractivity contribution in [3.05, 3.63) is 12.2 Å². The van der Waals surface area contributed by atoms with Gasteiger partial charge in [0, 0.05) is 38.3 Å². The van der Waals surface area contributed by atoms with Gasteiger partial charge in [-0.15, -0.1) is 0 Å². The van der Waals surface area contributed by atoms with Crippen LogP contribution < -0.4 is 34.0 Å². The number of aliphatic hydroxyl groups excluding tert-OH is 7. The highest BCUT2D eigenvalue weighted by Crippen LogP contribution is 2.37. The van der Waals surface area contributed by atoms with Gasteiger partial charge in [-0.1, -0.05) is 12.2 Å². The molecule has 3 aliphatic heterocycles. The summed E-state index contributed by atoms with van der Waals surface area (Å²) in [7, 11) is 0. The van der Waals surface area contributed by atoms with Crippen LogP contribution in [-0.4, -0.2) is 180 Å². The van der Waals surface area contributed by atoms with Crippen LogP contribution in [-0.2, 0) is 28.4 Å². The first kappa shape index (κ1) is 40.7. The molecule has 0 spiro atoms. The fourth-order valence-electron chi connectivity index (χ4n) is 6.77. The third-order valence-electron chi connectivity index (χ3n) is 9.69. The van der Waals surface area contributed by atoms with Crippen LogP contribution in [0.25, 0.3) is 0 Å². The zero-order chi connectivity index (χ0) is 35.8. The van der Waals surface area contributed by atoms with Crippen LogP contribution in [0.15, 0.2) is 12.2 Å². The van der Waals surface area contributed by atoms with Gasteiger partial charge in [0.1, 0.15) is 48.8 Å². The topological polar surface area (TPSA) is 339 Å². The molecule has 3 fully saturated rings. The van der Waals surface area contributed by atoms with Crippen molar-refractivity contribution < 1.29 is 64.2 Å². The Labute approximate surface area is 285 Å². The standard InChI is InChI=1S/C30H58N6O13/c31-4-1-5-36-9-15-2-3-16(33)28(44-15)47-25-17(34)7-14(6-13(10-37)11-38)21(40)27(25)49-30-24(43)26(19(12-39)46-30)48-29-20(35)23(42)22(41)18(8-32)45-29/h2-3,13-30,36-43H,1,4-12,31-35H2/t14-,15+,16-,17+,18+,19-,20-,21+,22-,23-,24-,25-,26-,27-,28-,29-,30+/m1/s1. The van der Waals surface area contributed by atoms with Gasteiger partial charge in [-0.2, -0.15) is 0 Å². The van der Waals surface area contributed by atoms with E-state index in [4.69, 9.17) is 57.1 Å². The fraction of sp³-hybridized carbons (Fsp3) is 0.933. The zero-order valence-corrected chi connectivity index (χ0v) is 27.6. The van der Waals surface area contributed by atoms with Gasteiger partial charge >= 0.3 is 0 Å². The Morgan fingerprint density at radius 3 is 2.08 bits per heavy atom. The smallest absolute Gasteiger partial charge is 0.187 e. The van der Waals surface area contributed by atoms with Crippen LogP contribution in [0, 0.1) is 11.8 Å². The van der Waals surface area contributed by atoms with Crippen molar-refractivity contribution in [2.75, 3.05) is 46.0 Å². The van der Waals surface area contributed by atoms with Crippen molar-refractivity contribution in [2.24, 2.45) is 40.5 Å². The lowest BCUT2D eigenvalue weighted by atomic mass is 9.75. The lowest BCUT2D eigenvalue weighted by Gasteiger charge is -2.46. The van der Waals surface area contributed by atoms with Crippen molar-refractivity contribution in [3.63, 3.8) is 0 Å². The van der Waals surface area contributed by atoms with Gasteiger partial charge in [0.2, 0.25) is 0 Å². The Balaban J connectivity index is 1.52. The molecule has 19 nitrogen and oxygen atoms in total. The monoisotopic (exact) mass is 710 g/mol. The molecule has 19 heteroatoms. The number of aliphatic hydroxyl groups is 7. The summed E-state index contributed by atoms with van der Waals surface area (Å²) in [5.74, 6) is -1.09. The van der Waals surface area contributed by atoms with E-state index < -0.39 is 110 Å². The van der Waals surface area contributed by atoms with Crippen LogP contribution in [0.2, 0.25) is 0 Å². The van der Waals surface area contributed by atoms with E-state index in [1.807, 2.05) is 6.08 Å². The molecule has 1 aliphatic carbocycles. The predicted octanol–water partition coefficient (Wildman–Crippen LogP) is -6.80. The number of rotatable bonds is 17. The molecule has 4 rings (SSSR count). The molecule has 0 unspecified atom stereocenters. The molecule has 49 heavy (non-hydrogen) atoms. The second kappa shape index (κ2) is 19.2. The lowest BCUT2D eigenvalue weighted by molar-refractivity contribution is -0.286.